The van der Waals surface area contributed by atoms with Crippen LogP contribution in [0.3, 0.4) is 0 Å². The Labute approximate surface area is 95.8 Å². The van der Waals surface area contributed by atoms with Crippen molar-refractivity contribution in [1.82, 2.24) is 9.78 Å². The zero-order valence-corrected chi connectivity index (χ0v) is 8.99. The molecule has 0 aliphatic carbocycles. The van der Waals surface area contributed by atoms with Gasteiger partial charge in [0.15, 0.2) is 5.76 Å². The van der Waals surface area contributed by atoms with E-state index in [0.717, 1.165) is 0 Å². The van der Waals surface area contributed by atoms with Gasteiger partial charge < -0.3 is 14.5 Å². The van der Waals surface area contributed by atoms with Crippen molar-refractivity contribution in [3.8, 4) is 0 Å². The van der Waals surface area contributed by atoms with Crippen molar-refractivity contribution < 1.29 is 14.1 Å². The van der Waals surface area contributed by atoms with E-state index in [9.17, 15) is 14.9 Å². The second-order valence-electron chi connectivity index (χ2n) is 3.49. The molecule has 0 N–H and O–H groups in total. The Morgan fingerprint density at radius 1 is 1.65 bits per heavy atom. The normalized spacial score (nSPS) is 10.4. The molecule has 2 rings (SSSR count). The highest BCUT2D eigenvalue weighted by atomic mass is 16.6. The molecule has 0 radical (unpaired) electrons. The summed E-state index contributed by atoms with van der Waals surface area (Å²) in [5.74, 6) is -0.314. The van der Waals surface area contributed by atoms with Crippen LogP contribution in [0.4, 0.5) is 5.82 Å². The predicted molar refractivity (Wildman–Crippen MR) is 56.7 cm³/mol. The fraction of sp³-hybridized carbons (Fsp3) is 0.200. The van der Waals surface area contributed by atoms with E-state index in [-0.39, 0.29) is 23.9 Å². The van der Waals surface area contributed by atoms with E-state index in [1.165, 1.54) is 23.2 Å². The van der Waals surface area contributed by atoms with E-state index < -0.39 is 4.92 Å². The molecule has 0 amide bonds. The molecule has 0 saturated carbocycles. The van der Waals surface area contributed by atoms with Crippen LogP contribution < -0.4 is 0 Å². The first kappa shape index (κ1) is 11.1. The van der Waals surface area contributed by atoms with Gasteiger partial charge in [-0.1, -0.05) is 0 Å². The van der Waals surface area contributed by atoms with Crippen LogP contribution in [0, 0.1) is 17.0 Å². The molecule has 2 heterocycles. The molecule has 7 nitrogen and oxygen atoms in total. The summed E-state index contributed by atoms with van der Waals surface area (Å²) in [4.78, 5) is 21.6. The van der Waals surface area contributed by atoms with Gasteiger partial charge in [0.05, 0.1) is 23.1 Å². The third-order valence-corrected chi connectivity index (χ3v) is 2.19. The fourth-order valence-electron chi connectivity index (χ4n) is 1.43. The zero-order chi connectivity index (χ0) is 12.4. The molecule has 0 saturated heterocycles. The first-order valence-corrected chi connectivity index (χ1v) is 4.83. The van der Waals surface area contributed by atoms with Crippen molar-refractivity contribution in [1.29, 1.82) is 0 Å². The van der Waals surface area contributed by atoms with E-state index >= 15 is 0 Å². The SMILES string of the molecule is Cc1cn(CC(=O)c2ccco2)nc1[N+](=O)[O-]. The Morgan fingerprint density at radius 3 is 2.94 bits per heavy atom. The van der Waals surface area contributed by atoms with Gasteiger partial charge in [0, 0.05) is 0 Å². The molecule has 2 aromatic rings. The highest BCUT2D eigenvalue weighted by Gasteiger charge is 2.19. The predicted octanol–water partition coefficient (Wildman–Crippen LogP) is 1.58. The number of nitro groups is 1. The Morgan fingerprint density at radius 2 is 2.41 bits per heavy atom. The molecule has 0 aliphatic heterocycles. The average molecular weight is 235 g/mol. The fourth-order valence-corrected chi connectivity index (χ4v) is 1.43. The van der Waals surface area contributed by atoms with Crippen molar-refractivity contribution >= 4 is 11.6 Å². The lowest BCUT2D eigenvalue weighted by Gasteiger charge is -1.93. The van der Waals surface area contributed by atoms with E-state index in [2.05, 4.69) is 5.10 Å². The molecule has 88 valence electrons. The topological polar surface area (TPSA) is 91.2 Å². The number of ketones is 1. The minimum absolute atomic E-state index is 0.0812. The maximum Gasteiger partial charge on any atom is 0.392 e. The van der Waals surface area contributed by atoms with Crippen LogP contribution in [0.15, 0.2) is 29.0 Å². The summed E-state index contributed by atoms with van der Waals surface area (Å²) < 4.78 is 6.16. The van der Waals surface area contributed by atoms with Gasteiger partial charge in [0.1, 0.15) is 6.54 Å². The molecule has 0 spiro atoms. The third kappa shape index (κ3) is 2.22. The molecule has 0 aliphatic rings. The number of hydrogen-bond acceptors (Lipinski definition) is 5. The number of hydrogen-bond donors (Lipinski definition) is 0. The Bertz CT molecular complexity index is 556. The molecule has 0 atom stereocenters. The van der Waals surface area contributed by atoms with Crippen molar-refractivity contribution in [2.24, 2.45) is 0 Å². The maximum absolute atomic E-state index is 11.6. The zero-order valence-electron chi connectivity index (χ0n) is 8.99. The summed E-state index contributed by atoms with van der Waals surface area (Å²) in [6.45, 7) is 1.49. The number of Topliss-reactive ketones (excluding diaryl/α,β-unsaturated/α-hetero) is 1. The number of aryl methyl sites for hydroxylation is 1. The Kier molecular flexibility index (Phi) is 2.73. The van der Waals surface area contributed by atoms with Crippen molar-refractivity contribution in [3.05, 3.63) is 46.0 Å². The molecule has 0 aromatic carbocycles. The first-order valence-electron chi connectivity index (χ1n) is 4.83. The average Bonchev–Trinajstić information content (AvgIpc) is 2.86. The summed E-state index contributed by atoms with van der Waals surface area (Å²) in [7, 11) is 0. The van der Waals surface area contributed by atoms with Crippen LogP contribution in [0.25, 0.3) is 0 Å². The van der Waals surface area contributed by atoms with E-state index in [1.54, 1.807) is 13.0 Å². The van der Waals surface area contributed by atoms with Gasteiger partial charge >= 0.3 is 5.82 Å². The minimum atomic E-state index is -0.580. The lowest BCUT2D eigenvalue weighted by molar-refractivity contribution is -0.390. The van der Waals surface area contributed by atoms with E-state index in [1.807, 2.05) is 0 Å². The smallest absolute Gasteiger partial charge is 0.392 e. The molecule has 0 fully saturated rings. The van der Waals surface area contributed by atoms with Crippen molar-refractivity contribution in [2.45, 2.75) is 13.5 Å². The Hall–Kier alpha value is -2.44. The lowest BCUT2D eigenvalue weighted by atomic mass is 10.3. The molecule has 17 heavy (non-hydrogen) atoms. The third-order valence-electron chi connectivity index (χ3n) is 2.19. The molecule has 0 bridgehead atoms. The van der Waals surface area contributed by atoms with Gasteiger partial charge in [-0.15, -0.1) is 0 Å². The van der Waals surface area contributed by atoms with Crippen LogP contribution >= 0.6 is 0 Å². The van der Waals surface area contributed by atoms with Crippen molar-refractivity contribution in [2.75, 3.05) is 0 Å². The lowest BCUT2D eigenvalue weighted by Crippen LogP contribution is -2.10. The van der Waals surface area contributed by atoms with Gasteiger partial charge in [-0.25, -0.2) is 0 Å². The second-order valence-corrected chi connectivity index (χ2v) is 3.49. The highest BCUT2D eigenvalue weighted by molar-refractivity contribution is 5.93. The second kappa shape index (κ2) is 4.20. The first-order chi connectivity index (χ1) is 8.08. The van der Waals surface area contributed by atoms with E-state index in [4.69, 9.17) is 4.42 Å². The molecule has 0 unspecified atom stereocenters. The number of furan rings is 1. The van der Waals surface area contributed by atoms with Gasteiger partial charge in [0.2, 0.25) is 5.78 Å². The summed E-state index contributed by atoms with van der Waals surface area (Å²) in [6.07, 6.45) is 2.85. The monoisotopic (exact) mass is 235 g/mol. The van der Waals surface area contributed by atoms with Gasteiger partial charge in [-0.3, -0.25) is 4.79 Å². The quantitative estimate of drug-likeness (QED) is 0.455. The largest absolute Gasteiger partial charge is 0.461 e. The maximum atomic E-state index is 11.6. The van der Waals surface area contributed by atoms with Crippen LogP contribution in [0.5, 0.6) is 0 Å². The molecule has 2 aromatic heterocycles. The summed E-state index contributed by atoms with van der Waals surface area (Å²) in [6, 6.07) is 3.14. The van der Waals surface area contributed by atoms with Gasteiger partial charge in [0.25, 0.3) is 0 Å². The summed E-state index contributed by atoms with van der Waals surface area (Å²) in [5.41, 5.74) is 0.419. The van der Waals surface area contributed by atoms with Gasteiger partial charge in [-0.2, -0.15) is 4.68 Å². The van der Waals surface area contributed by atoms with Gasteiger partial charge in [-0.05, 0) is 24.0 Å². The van der Waals surface area contributed by atoms with E-state index in [0.29, 0.717) is 5.56 Å². The molecular formula is C10H9N3O4. The summed E-state index contributed by atoms with van der Waals surface area (Å²) in [5, 5.41) is 14.3. The Balaban J connectivity index is 2.17. The molecule has 7 heteroatoms. The standard InChI is InChI=1S/C10H9N3O4/c1-7-5-12(11-10(7)13(15)16)6-8(14)9-3-2-4-17-9/h2-5H,6H2,1H3. The number of nitrogens with zero attached hydrogens (tertiary/aromatic N) is 3. The van der Waals surface area contributed by atoms with Crippen molar-refractivity contribution in [3.63, 3.8) is 0 Å². The van der Waals surface area contributed by atoms with Crippen LogP contribution in [-0.4, -0.2) is 20.5 Å². The number of aromatic nitrogens is 2. The highest BCUT2D eigenvalue weighted by Crippen LogP contribution is 2.14. The van der Waals surface area contributed by atoms with Crippen LogP contribution in [0.1, 0.15) is 16.1 Å². The van der Waals surface area contributed by atoms with Crippen LogP contribution in [-0.2, 0) is 6.54 Å². The minimum Gasteiger partial charge on any atom is -0.461 e. The number of rotatable bonds is 4. The summed E-state index contributed by atoms with van der Waals surface area (Å²) >= 11 is 0. The number of carbonyl (C=O) groups excluding carboxylic acids is 1. The van der Waals surface area contributed by atoms with Crippen LogP contribution in [0.2, 0.25) is 0 Å². The number of carbonyl (C=O) groups is 1. The molecular weight excluding hydrogens is 226 g/mol.